The number of rotatable bonds is 8. The number of para-hydroxylation sites is 1. The molecule has 0 saturated carbocycles. The minimum Gasteiger partial charge on any atom is -0.492 e. The van der Waals surface area contributed by atoms with Crippen molar-refractivity contribution >= 4 is 11.8 Å². The lowest BCUT2D eigenvalue weighted by atomic mass is 10.1. The Morgan fingerprint density at radius 3 is 2.78 bits per heavy atom. The number of carbonyl (C=O) groups is 2. The molecular formula is C18H26N2O3. The van der Waals surface area contributed by atoms with Gasteiger partial charge in [0.05, 0.1) is 12.5 Å². The quantitative estimate of drug-likeness (QED) is 0.747. The largest absolute Gasteiger partial charge is 0.492 e. The van der Waals surface area contributed by atoms with Gasteiger partial charge < -0.3 is 15.0 Å². The van der Waals surface area contributed by atoms with Crippen LogP contribution in [0, 0.1) is 11.8 Å². The van der Waals surface area contributed by atoms with Gasteiger partial charge in [-0.1, -0.05) is 32.0 Å². The predicted octanol–water partition coefficient (Wildman–Crippen LogP) is 2.08. The van der Waals surface area contributed by atoms with Crippen LogP contribution in [0.5, 0.6) is 5.75 Å². The highest BCUT2D eigenvalue weighted by Crippen LogP contribution is 2.19. The summed E-state index contributed by atoms with van der Waals surface area (Å²) >= 11 is 0. The predicted molar refractivity (Wildman–Crippen MR) is 89.1 cm³/mol. The van der Waals surface area contributed by atoms with E-state index < -0.39 is 0 Å². The fourth-order valence-electron chi connectivity index (χ4n) is 2.58. The zero-order valence-electron chi connectivity index (χ0n) is 14.0. The summed E-state index contributed by atoms with van der Waals surface area (Å²) in [6.45, 7) is 6.43. The number of nitrogens with zero attached hydrogens (tertiary/aromatic N) is 1. The number of likely N-dealkylation sites (tertiary alicyclic amines) is 1. The summed E-state index contributed by atoms with van der Waals surface area (Å²) in [6.07, 6.45) is 1.30. The van der Waals surface area contributed by atoms with Gasteiger partial charge in [-0.25, -0.2) is 0 Å². The van der Waals surface area contributed by atoms with Crippen LogP contribution >= 0.6 is 0 Å². The van der Waals surface area contributed by atoms with E-state index in [4.69, 9.17) is 4.74 Å². The van der Waals surface area contributed by atoms with Crippen LogP contribution in [0.2, 0.25) is 0 Å². The second kappa shape index (κ2) is 8.56. The minimum absolute atomic E-state index is 0.0536. The SMILES string of the molecule is CC(C)CCN1CC(C(=O)NCCOc2ccccc2)CC1=O. The highest BCUT2D eigenvalue weighted by Gasteiger charge is 2.33. The first-order valence-corrected chi connectivity index (χ1v) is 8.29. The average Bonchev–Trinajstić information content (AvgIpc) is 2.91. The number of benzene rings is 1. The van der Waals surface area contributed by atoms with E-state index in [1.165, 1.54) is 0 Å². The van der Waals surface area contributed by atoms with Crippen LogP contribution in [-0.4, -0.2) is 43.0 Å². The van der Waals surface area contributed by atoms with Gasteiger partial charge in [-0.05, 0) is 24.5 Å². The molecule has 1 saturated heterocycles. The van der Waals surface area contributed by atoms with Crippen molar-refractivity contribution in [3.63, 3.8) is 0 Å². The van der Waals surface area contributed by atoms with Crippen LogP contribution in [0.25, 0.3) is 0 Å². The highest BCUT2D eigenvalue weighted by atomic mass is 16.5. The number of ether oxygens (including phenoxy) is 1. The molecule has 1 fully saturated rings. The molecule has 2 amide bonds. The maximum absolute atomic E-state index is 12.1. The standard InChI is InChI=1S/C18H26N2O3/c1-14(2)8-10-20-13-15(12-17(20)21)18(22)19-9-11-23-16-6-4-3-5-7-16/h3-7,14-15H,8-13H2,1-2H3,(H,19,22). The molecular weight excluding hydrogens is 292 g/mol. The van der Waals surface area contributed by atoms with Gasteiger partial charge in [0.2, 0.25) is 11.8 Å². The van der Waals surface area contributed by atoms with Crippen molar-refractivity contribution in [2.45, 2.75) is 26.7 Å². The van der Waals surface area contributed by atoms with E-state index in [9.17, 15) is 9.59 Å². The van der Waals surface area contributed by atoms with Gasteiger partial charge in [0, 0.05) is 19.5 Å². The topological polar surface area (TPSA) is 58.6 Å². The molecule has 2 rings (SSSR count). The van der Waals surface area contributed by atoms with Crippen LogP contribution < -0.4 is 10.1 Å². The summed E-state index contributed by atoms with van der Waals surface area (Å²) in [7, 11) is 0. The maximum Gasteiger partial charge on any atom is 0.225 e. The number of carbonyl (C=O) groups excluding carboxylic acids is 2. The van der Waals surface area contributed by atoms with Crippen LogP contribution in [0.3, 0.4) is 0 Å². The number of hydrogen-bond donors (Lipinski definition) is 1. The van der Waals surface area contributed by atoms with Gasteiger partial charge in [0.15, 0.2) is 0 Å². The molecule has 1 aromatic carbocycles. The molecule has 1 aromatic rings. The molecule has 0 aromatic heterocycles. The van der Waals surface area contributed by atoms with Crippen molar-refractivity contribution in [1.29, 1.82) is 0 Å². The van der Waals surface area contributed by atoms with Gasteiger partial charge in [-0.15, -0.1) is 0 Å². The smallest absolute Gasteiger partial charge is 0.225 e. The first kappa shape index (κ1) is 17.3. The van der Waals surface area contributed by atoms with E-state index >= 15 is 0 Å². The van der Waals surface area contributed by atoms with E-state index in [-0.39, 0.29) is 17.7 Å². The van der Waals surface area contributed by atoms with Crippen molar-refractivity contribution in [1.82, 2.24) is 10.2 Å². The summed E-state index contributed by atoms with van der Waals surface area (Å²) in [5.74, 6) is 1.16. The van der Waals surface area contributed by atoms with Crippen molar-refractivity contribution in [3.8, 4) is 5.75 Å². The molecule has 1 unspecified atom stereocenters. The molecule has 0 aliphatic carbocycles. The van der Waals surface area contributed by atoms with Crippen molar-refractivity contribution < 1.29 is 14.3 Å². The van der Waals surface area contributed by atoms with Gasteiger partial charge in [0.25, 0.3) is 0 Å². The van der Waals surface area contributed by atoms with Crippen LogP contribution in [-0.2, 0) is 9.59 Å². The molecule has 23 heavy (non-hydrogen) atoms. The zero-order chi connectivity index (χ0) is 16.7. The van der Waals surface area contributed by atoms with Crippen molar-refractivity contribution in [3.05, 3.63) is 30.3 Å². The molecule has 1 N–H and O–H groups in total. The Kier molecular flexibility index (Phi) is 6.44. The Morgan fingerprint density at radius 1 is 1.35 bits per heavy atom. The van der Waals surface area contributed by atoms with Crippen molar-refractivity contribution in [2.75, 3.05) is 26.2 Å². The molecule has 1 aliphatic heterocycles. The van der Waals surface area contributed by atoms with Crippen LogP contribution in [0.4, 0.5) is 0 Å². The molecule has 126 valence electrons. The lowest BCUT2D eigenvalue weighted by Crippen LogP contribution is -2.35. The number of nitrogens with one attached hydrogen (secondary N) is 1. The fraction of sp³-hybridized carbons (Fsp3) is 0.556. The molecule has 5 nitrogen and oxygen atoms in total. The third-order valence-electron chi connectivity index (χ3n) is 3.97. The normalized spacial score (nSPS) is 17.6. The molecule has 0 spiro atoms. The third-order valence-corrected chi connectivity index (χ3v) is 3.97. The summed E-state index contributed by atoms with van der Waals surface area (Å²) in [4.78, 5) is 25.9. The Bertz CT molecular complexity index is 516. The first-order chi connectivity index (χ1) is 11.1. The van der Waals surface area contributed by atoms with Gasteiger partial charge in [0.1, 0.15) is 12.4 Å². The van der Waals surface area contributed by atoms with E-state index in [0.29, 0.717) is 32.0 Å². The summed E-state index contributed by atoms with van der Waals surface area (Å²) in [5.41, 5.74) is 0. The Balaban J connectivity index is 1.67. The van der Waals surface area contributed by atoms with E-state index in [2.05, 4.69) is 19.2 Å². The Hall–Kier alpha value is -2.04. The minimum atomic E-state index is -0.230. The monoisotopic (exact) mass is 318 g/mol. The lowest BCUT2D eigenvalue weighted by Gasteiger charge is -2.17. The molecule has 0 bridgehead atoms. The maximum atomic E-state index is 12.1. The molecule has 1 heterocycles. The van der Waals surface area contributed by atoms with Gasteiger partial charge >= 0.3 is 0 Å². The molecule has 1 aliphatic rings. The molecule has 5 heteroatoms. The number of hydrogen-bond acceptors (Lipinski definition) is 3. The van der Waals surface area contributed by atoms with E-state index in [0.717, 1.165) is 18.7 Å². The highest BCUT2D eigenvalue weighted by molar-refractivity contribution is 5.89. The van der Waals surface area contributed by atoms with Crippen molar-refractivity contribution in [2.24, 2.45) is 11.8 Å². The van der Waals surface area contributed by atoms with Crippen LogP contribution in [0.15, 0.2) is 30.3 Å². The average molecular weight is 318 g/mol. The fourth-order valence-corrected chi connectivity index (χ4v) is 2.58. The summed E-state index contributed by atoms with van der Waals surface area (Å²) in [6, 6.07) is 9.50. The van der Waals surface area contributed by atoms with Gasteiger partial charge in [-0.2, -0.15) is 0 Å². The Morgan fingerprint density at radius 2 is 2.09 bits per heavy atom. The molecule has 1 atom stereocenters. The molecule has 0 radical (unpaired) electrons. The third kappa shape index (κ3) is 5.58. The summed E-state index contributed by atoms with van der Waals surface area (Å²) in [5, 5.41) is 2.86. The number of amides is 2. The second-order valence-corrected chi connectivity index (χ2v) is 6.38. The van der Waals surface area contributed by atoms with Crippen LogP contribution in [0.1, 0.15) is 26.7 Å². The zero-order valence-corrected chi connectivity index (χ0v) is 14.0. The summed E-state index contributed by atoms with van der Waals surface area (Å²) < 4.78 is 5.53. The lowest BCUT2D eigenvalue weighted by molar-refractivity contribution is -0.129. The first-order valence-electron chi connectivity index (χ1n) is 8.29. The Labute approximate surface area is 138 Å². The van der Waals surface area contributed by atoms with E-state index in [1.54, 1.807) is 0 Å². The second-order valence-electron chi connectivity index (χ2n) is 6.38. The van der Waals surface area contributed by atoms with Gasteiger partial charge in [-0.3, -0.25) is 9.59 Å². The van der Waals surface area contributed by atoms with E-state index in [1.807, 2.05) is 35.2 Å².